The van der Waals surface area contributed by atoms with Gasteiger partial charge < -0.3 is 10.4 Å². The molecular weight excluding hydrogens is 263 g/mol. The van der Waals surface area contributed by atoms with Gasteiger partial charge in [-0.1, -0.05) is 0 Å². The van der Waals surface area contributed by atoms with E-state index in [0.717, 1.165) is 0 Å². The third-order valence-electron chi connectivity index (χ3n) is 1.27. The van der Waals surface area contributed by atoms with E-state index >= 15 is 0 Å². The first-order valence-corrected chi connectivity index (χ1v) is 2.85. The minimum Gasteiger partial charge on any atom is -0.792 e. The summed E-state index contributed by atoms with van der Waals surface area (Å²) in [5.74, 6) is -0.0927. The van der Waals surface area contributed by atoms with Crippen molar-refractivity contribution in [3.05, 3.63) is 29.0 Å². The van der Waals surface area contributed by atoms with Crippen molar-refractivity contribution in [3.63, 3.8) is 0 Å². The Hall–Kier alpha value is 0.672. The Labute approximate surface area is 124 Å². The maximum Gasteiger partial charge on any atom is 1.00 e. The van der Waals surface area contributed by atoms with Crippen molar-refractivity contribution in [2.75, 3.05) is 0 Å². The molecule has 0 saturated carbocycles. The monoisotopic (exact) mass is 269 g/mol. The summed E-state index contributed by atoms with van der Waals surface area (Å²) in [7, 11) is 0. The van der Waals surface area contributed by atoms with Crippen LogP contribution < -0.4 is 68.9 Å². The molecule has 0 bridgehead atoms. The fourth-order valence-corrected chi connectivity index (χ4v) is 0.730. The quantitative estimate of drug-likeness (QED) is 0.378. The first-order valence-electron chi connectivity index (χ1n) is 2.85. The van der Waals surface area contributed by atoms with Gasteiger partial charge in [-0.2, -0.15) is 0 Å². The van der Waals surface area contributed by atoms with E-state index in [4.69, 9.17) is 0 Å². The molecule has 11 heavy (non-hydrogen) atoms. The number of carbonyl (C=O) groups is 1. The average Bonchev–Trinajstić information content (AvgIpc) is 1.88. The van der Waals surface area contributed by atoms with Gasteiger partial charge in [-0.05, 0) is 30.7 Å². The van der Waals surface area contributed by atoms with Crippen LogP contribution in [0, 0.1) is 5.21 Å². The minimum atomic E-state index is -0.0927. The van der Waals surface area contributed by atoms with Crippen LogP contribution in [0.5, 0.6) is 0 Å². The molecule has 0 aromatic rings. The molecule has 0 fully saturated rings. The maximum absolute atomic E-state index is 10.6. The van der Waals surface area contributed by atoms with E-state index in [1.165, 1.54) is 18.2 Å². The van der Waals surface area contributed by atoms with Crippen molar-refractivity contribution in [1.82, 2.24) is 0 Å². The van der Waals surface area contributed by atoms with Crippen molar-refractivity contribution < 1.29 is 73.7 Å². The summed E-state index contributed by atoms with van der Waals surface area (Å²) in [6.07, 6.45) is 4.13. The number of allylic oxidation sites excluding steroid dienone is 4. The predicted octanol–water partition coefficient (Wildman–Crippen LogP) is -1.99. The minimum absolute atomic E-state index is 0. The summed E-state index contributed by atoms with van der Waals surface area (Å²) in [6.45, 7) is 1.68. The topological polar surface area (TPSA) is 52.5 Å². The summed E-state index contributed by atoms with van der Waals surface area (Å²) in [5.41, 5.74) is 0.960. The first-order chi connectivity index (χ1) is 4.74. The number of nitrogens with zero attached hydrogens (tertiary/aromatic N) is 1. The molecule has 0 spiro atoms. The van der Waals surface area contributed by atoms with Crippen molar-refractivity contribution in [3.8, 4) is 0 Å². The average molecular weight is 269 g/mol. The molecule has 0 amide bonds. The molecule has 0 aromatic heterocycles. The van der Waals surface area contributed by atoms with Crippen LogP contribution >= 0.6 is 0 Å². The van der Waals surface area contributed by atoms with Crippen LogP contribution in [-0.4, -0.2) is 11.5 Å². The maximum atomic E-state index is 10.6. The second kappa shape index (κ2) is 5.34. The van der Waals surface area contributed by atoms with E-state index in [-0.39, 0.29) is 74.7 Å². The van der Waals surface area contributed by atoms with Crippen molar-refractivity contribution >= 4 is 11.5 Å². The third kappa shape index (κ3) is 3.27. The Bertz CT molecular complexity index is 253. The number of carbonyl (C=O) groups excluding carboxylic acids is 1. The Morgan fingerprint density at radius 1 is 1.45 bits per heavy atom. The summed E-state index contributed by atoms with van der Waals surface area (Å²) >= 11 is 0. The van der Waals surface area contributed by atoms with Crippen molar-refractivity contribution in [2.45, 2.75) is 6.92 Å². The molecule has 0 heterocycles. The summed E-state index contributed by atoms with van der Waals surface area (Å²) in [6, 6.07) is 0. The van der Waals surface area contributed by atoms with E-state index in [1.807, 2.05) is 0 Å². The molecule has 1 aliphatic carbocycles. The van der Waals surface area contributed by atoms with Crippen LogP contribution in [-0.2, 0) is 4.79 Å². The molecule has 0 N–H and O–H groups in total. The zero-order chi connectivity index (χ0) is 7.56. The largest absolute Gasteiger partial charge is 1.00 e. The fraction of sp³-hybridized carbons (Fsp3) is 0.143. The van der Waals surface area contributed by atoms with E-state index < -0.39 is 0 Å². The van der Waals surface area contributed by atoms with Gasteiger partial charge in [0.2, 0.25) is 0 Å². The molecule has 4 heteroatoms. The van der Waals surface area contributed by atoms with Gasteiger partial charge in [-0.3, -0.25) is 4.79 Å². The Morgan fingerprint density at radius 2 is 2.09 bits per heavy atom. The smallest absolute Gasteiger partial charge is 0.792 e. The Kier molecular flexibility index (Phi) is 5.67. The van der Waals surface area contributed by atoms with Gasteiger partial charge in [0.05, 0.1) is 5.71 Å². The van der Waals surface area contributed by atoms with Crippen LogP contribution in [0.4, 0.5) is 0 Å². The van der Waals surface area contributed by atoms with Crippen LogP contribution in [0.1, 0.15) is 6.92 Å². The zero-order valence-corrected chi connectivity index (χ0v) is 12.8. The van der Waals surface area contributed by atoms with Crippen molar-refractivity contribution in [2.24, 2.45) is 5.16 Å². The Balaban J connectivity index is 0.000001000. The van der Waals surface area contributed by atoms with Gasteiger partial charge >= 0.3 is 68.9 Å². The van der Waals surface area contributed by atoms with Crippen LogP contribution in [0.2, 0.25) is 0 Å². The van der Waals surface area contributed by atoms with Gasteiger partial charge in [-0.25, -0.2) is 0 Å². The number of ketones is 1. The number of rotatable bonds is 0. The molecule has 52 valence electrons. The van der Waals surface area contributed by atoms with E-state index in [0.29, 0.717) is 11.3 Å². The molecule has 0 atom stereocenters. The zero-order valence-electron chi connectivity index (χ0n) is 6.50. The molecule has 0 aliphatic heterocycles. The van der Waals surface area contributed by atoms with Gasteiger partial charge in [0.15, 0.2) is 5.78 Å². The Morgan fingerprint density at radius 3 is 2.55 bits per heavy atom. The molecule has 0 aromatic carbocycles. The van der Waals surface area contributed by atoms with Crippen molar-refractivity contribution in [1.29, 1.82) is 0 Å². The van der Waals surface area contributed by atoms with Gasteiger partial charge in [0.1, 0.15) is 0 Å². The first kappa shape index (κ1) is 11.7. The molecule has 0 saturated heterocycles. The summed E-state index contributed by atoms with van der Waals surface area (Å²) in [4.78, 5) is 10.6. The van der Waals surface area contributed by atoms with Crippen LogP contribution in [0.25, 0.3) is 0 Å². The molecule has 1 aliphatic rings. The second-order valence-electron chi connectivity index (χ2n) is 2.04. The second-order valence-corrected chi connectivity index (χ2v) is 2.04. The van der Waals surface area contributed by atoms with E-state index in [1.54, 1.807) is 6.92 Å². The molecule has 0 unspecified atom stereocenters. The van der Waals surface area contributed by atoms with Gasteiger partial charge in [-0.15, -0.1) is 0 Å². The number of hydrogen-bond acceptors (Lipinski definition) is 3. The number of hydrogen-bond donors (Lipinski definition) is 0. The van der Waals surface area contributed by atoms with Crippen LogP contribution in [0.3, 0.4) is 0 Å². The van der Waals surface area contributed by atoms with E-state index in [2.05, 4.69) is 5.16 Å². The van der Waals surface area contributed by atoms with Gasteiger partial charge in [0, 0.05) is 0 Å². The summed E-state index contributed by atoms with van der Waals surface area (Å²) < 4.78 is 0. The third-order valence-corrected chi connectivity index (χ3v) is 1.27. The van der Waals surface area contributed by atoms with Crippen LogP contribution in [0.15, 0.2) is 29.0 Å². The van der Waals surface area contributed by atoms with E-state index in [9.17, 15) is 10.0 Å². The SMILES string of the molecule is CC1=CC(=O)C=C/C1=N\[O-].[Cs+]. The normalized spacial score (nSPS) is 19.5. The van der Waals surface area contributed by atoms with Gasteiger partial charge in [0.25, 0.3) is 0 Å². The molecule has 3 nitrogen and oxygen atoms in total. The standard InChI is InChI=1S/C7H7NO2.Cs/c1-5-4-6(9)2-3-7(5)8-10;/h2-4,10H,1H3;/q;+1/p-1/b8-7+;. The summed E-state index contributed by atoms with van der Waals surface area (Å²) in [5, 5.41) is 12.7. The molecule has 0 radical (unpaired) electrons. The fourth-order valence-electron chi connectivity index (χ4n) is 0.730. The predicted molar refractivity (Wildman–Crippen MR) is 38.7 cm³/mol. The molecular formula is C7H6CsNO2. The molecule has 1 rings (SSSR count).